The van der Waals surface area contributed by atoms with Gasteiger partial charge in [0.15, 0.2) is 0 Å². The normalized spacial score (nSPS) is 11.2. The number of hydrogen-bond donors (Lipinski definition) is 1. The Morgan fingerprint density at radius 2 is 1.36 bits per heavy atom. The first-order valence-corrected chi connectivity index (χ1v) is 7.40. The number of alkyl halides is 6. The lowest BCUT2D eigenvalue weighted by Crippen LogP contribution is -2.39. The maximum Gasteiger partial charge on any atom is 0.458 e. The van der Waals surface area contributed by atoms with E-state index in [0.717, 1.165) is 0 Å². The molecule has 0 aliphatic carbocycles. The highest BCUT2D eigenvalue weighted by Gasteiger charge is 2.54. The quantitative estimate of drug-likeness (QED) is 0.586. The molecule has 1 aromatic carbocycles. The van der Waals surface area contributed by atoms with Crippen LogP contribution in [0.4, 0.5) is 32.0 Å². The first-order chi connectivity index (χ1) is 12.6. The summed E-state index contributed by atoms with van der Waals surface area (Å²) in [4.78, 5) is 30.8. The Morgan fingerprint density at radius 3 is 1.68 bits per heavy atom. The Labute approximate surface area is 155 Å². The number of carbonyl (C=O) groups is 3. The van der Waals surface area contributed by atoms with Crippen LogP contribution in [-0.4, -0.2) is 44.0 Å². The van der Waals surface area contributed by atoms with Gasteiger partial charge in [-0.3, -0.25) is 14.4 Å². The number of nitrogens with one attached hydrogen (secondary N) is 1. The average molecular weight is 417 g/mol. The molecule has 0 radical (unpaired) electrons. The standard InChI is InChI=1S/C12H17NO3.C4F6O2/c1-8(2)12(14)13-10-7-9(15-3)5-6-11(10)16-4;5-3(6,7)1(11)2(12)4(8,9)10/h5-8H,1-4H3,(H,13,14);. The molecule has 158 valence electrons. The van der Waals surface area contributed by atoms with Gasteiger partial charge in [0.1, 0.15) is 11.5 Å². The Balaban J connectivity index is 0.000000546. The number of anilines is 1. The molecule has 1 aromatic rings. The van der Waals surface area contributed by atoms with E-state index in [1.807, 2.05) is 13.8 Å². The van der Waals surface area contributed by atoms with Crippen molar-refractivity contribution in [2.45, 2.75) is 26.2 Å². The maximum absolute atomic E-state index is 11.6. The molecule has 0 aliphatic heterocycles. The zero-order valence-corrected chi connectivity index (χ0v) is 15.1. The Morgan fingerprint density at radius 1 is 0.893 bits per heavy atom. The van der Waals surface area contributed by atoms with Gasteiger partial charge < -0.3 is 14.8 Å². The number of amides is 1. The molecule has 0 saturated heterocycles. The van der Waals surface area contributed by atoms with E-state index in [-0.39, 0.29) is 11.8 Å². The molecule has 0 aromatic heterocycles. The third-order valence-electron chi connectivity index (χ3n) is 2.91. The molecule has 0 saturated carbocycles. The zero-order valence-electron chi connectivity index (χ0n) is 15.1. The van der Waals surface area contributed by atoms with Crippen LogP contribution < -0.4 is 14.8 Å². The highest BCUT2D eigenvalue weighted by Crippen LogP contribution is 2.29. The second-order valence-electron chi connectivity index (χ2n) is 5.36. The molecule has 0 fully saturated rings. The number of rotatable bonds is 5. The van der Waals surface area contributed by atoms with Crippen molar-refractivity contribution in [3.63, 3.8) is 0 Å². The van der Waals surface area contributed by atoms with Crippen molar-refractivity contribution < 1.29 is 50.2 Å². The molecule has 0 aliphatic rings. The summed E-state index contributed by atoms with van der Waals surface area (Å²) >= 11 is 0. The van der Waals surface area contributed by atoms with Crippen molar-refractivity contribution in [3.8, 4) is 11.5 Å². The van der Waals surface area contributed by atoms with Crippen molar-refractivity contribution in [1.29, 1.82) is 0 Å². The number of methoxy groups -OCH3 is 2. The van der Waals surface area contributed by atoms with E-state index in [1.165, 1.54) is 0 Å². The van der Waals surface area contributed by atoms with Gasteiger partial charge in [0.2, 0.25) is 5.91 Å². The molecule has 0 unspecified atom stereocenters. The number of ether oxygens (including phenoxy) is 2. The van der Waals surface area contributed by atoms with Gasteiger partial charge in [-0.2, -0.15) is 26.3 Å². The number of Topliss-reactive ketones (excluding diaryl/α,β-unsaturated/α-hetero) is 2. The summed E-state index contributed by atoms with van der Waals surface area (Å²) in [5, 5.41) is 2.79. The molecular formula is C16H17F6NO5. The summed E-state index contributed by atoms with van der Waals surface area (Å²) in [6, 6.07) is 5.28. The van der Waals surface area contributed by atoms with Crippen LogP contribution in [0.5, 0.6) is 11.5 Å². The van der Waals surface area contributed by atoms with Crippen LogP contribution in [0.15, 0.2) is 18.2 Å². The molecule has 0 heterocycles. The summed E-state index contributed by atoms with van der Waals surface area (Å²) in [5.74, 6) is -5.64. The van der Waals surface area contributed by atoms with E-state index in [9.17, 15) is 40.7 Å². The first kappa shape index (κ1) is 25.2. The SMILES string of the molecule is COc1ccc(OC)c(NC(=O)C(C)C)c1.O=C(C(=O)C(F)(F)F)C(F)(F)F. The fourth-order valence-corrected chi connectivity index (χ4v) is 1.45. The second-order valence-corrected chi connectivity index (χ2v) is 5.36. The van der Waals surface area contributed by atoms with Crippen LogP contribution in [0.25, 0.3) is 0 Å². The number of hydrogen-bond acceptors (Lipinski definition) is 5. The predicted octanol–water partition coefficient (Wildman–Crippen LogP) is 3.55. The van der Waals surface area contributed by atoms with Crippen LogP contribution in [0, 0.1) is 5.92 Å². The van der Waals surface area contributed by atoms with Gasteiger partial charge in [-0.25, -0.2) is 0 Å². The third-order valence-corrected chi connectivity index (χ3v) is 2.91. The Bertz CT molecular complexity index is 688. The molecule has 1 amide bonds. The van der Waals surface area contributed by atoms with Gasteiger partial charge in [0.05, 0.1) is 19.9 Å². The minimum Gasteiger partial charge on any atom is -0.497 e. The predicted molar refractivity (Wildman–Crippen MR) is 85.1 cm³/mol. The zero-order chi connectivity index (χ0) is 22.3. The number of benzene rings is 1. The van der Waals surface area contributed by atoms with Gasteiger partial charge >= 0.3 is 23.9 Å². The maximum atomic E-state index is 11.6. The van der Waals surface area contributed by atoms with Crippen molar-refractivity contribution in [3.05, 3.63) is 18.2 Å². The summed E-state index contributed by atoms with van der Waals surface area (Å²) in [7, 11) is 3.14. The highest BCUT2D eigenvalue weighted by atomic mass is 19.4. The van der Waals surface area contributed by atoms with Crippen LogP contribution >= 0.6 is 0 Å². The average Bonchev–Trinajstić information content (AvgIpc) is 2.59. The van der Waals surface area contributed by atoms with Crippen molar-refractivity contribution in [2.24, 2.45) is 5.92 Å². The second kappa shape index (κ2) is 9.95. The monoisotopic (exact) mass is 417 g/mol. The van der Waals surface area contributed by atoms with Gasteiger partial charge in [-0.1, -0.05) is 13.8 Å². The topological polar surface area (TPSA) is 81.7 Å². The van der Waals surface area contributed by atoms with Crippen molar-refractivity contribution in [2.75, 3.05) is 19.5 Å². The smallest absolute Gasteiger partial charge is 0.458 e. The molecule has 6 nitrogen and oxygen atoms in total. The fourth-order valence-electron chi connectivity index (χ4n) is 1.45. The van der Waals surface area contributed by atoms with E-state index in [0.29, 0.717) is 17.2 Å². The summed E-state index contributed by atoms with van der Waals surface area (Å²) in [6.45, 7) is 3.67. The van der Waals surface area contributed by atoms with E-state index < -0.39 is 23.9 Å². The largest absolute Gasteiger partial charge is 0.497 e. The van der Waals surface area contributed by atoms with Gasteiger partial charge in [0, 0.05) is 12.0 Å². The van der Waals surface area contributed by atoms with Crippen LogP contribution in [0.2, 0.25) is 0 Å². The third kappa shape index (κ3) is 7.84. The Hall–Kier alpha value is -2.79. The van der Waals surface area contributed by atoms with E-state index in [2.05, 4.69) is 5.32 Å². The number of halogens is 6. The molecule has 1 rings (SSSR count). The molecule has 12 heteroatoms. The first-order valence-electron chi connectivity index (χ1n) is 7.40. The molecule has 1 N–H and O–H groups in total. The summed E-state index contributed by atoms with van der Waals surface area (Å²) < 4.78 is 77.2. The fraction of sp³-hybridized carbons (Fsp3) is 0.438. The molecule has 0 bridgehead atoms. The minimum atomic E-state index is -5.77. The molecule has 0 atom stereocenters. The lowest BCUT2D eigenvalue weighted by Gasteiger charge is -2.12. The number of ketones is 2. The van der Waals surface area contributed by atoms with Gasteiger partial charge in [0.25, 0.3) is 0 Å². The van der Waals surface area contributed by atoms with Gasteiger partial charge in [-0.05, 0) is 12.1 Å². The van der Waals surface area contributed by atoms with E-state index >= 15 is 0 Å². The molecule has 28 heavy (non-hydrogen) atoms. The molecule has 0 spiro atoms. The van der Waals surface area contributed by atoms with Crippen molar-refractivity contribution in [1.82, 2.24) is 0 Å². The minimum absolute atomic E-state index is 0.0495. The van der Waals surface area contributed by atoms with Crippen LogP contribution in [0.1, 0.15) is 13.8 Å². The van der Waals surface area contributed by atoms with Crippen LogP contribution in [0.3, 0.4) is 0 Å². The van der Waals surface area contributed by atoms with E-state index in [1.54, 1.807) is 32.4 Å². The molecular weight excluding hydrogens is 400 g/mol. The lowest BCUT2D eigenvalue weighted by atomic mass is 10.2. The van der Waals surface area contributed by atoms with Gasteiger partial charge in [-0.15, -0.1) is 0 Å². The summed E-state index contributed by atoms with van der Waals surface area (Å²) in [5.41, 5.74) is 0.626. The van der Waals surface area contributed by atoms with Crippen molar-refractivity contribution >= 4 is 23.2 Å². The summed E-state index contributed by atoms with van der Waals surface area (Å²) in [6.07, 6.45) is -11.5. The number of carbonyl (C=O) groups excluding carboxylic acids is 3. The lowest BCUT2D eigenvalue weighted by molar-refractivity contribution is -0.193. The van der Waals surface area contributed by atoms with Crippen LogP contribution in [-0.2, 0) is 14.4 Å². The highest BCUT2D eigenvalue weighted by molar-refractivity contribution is 6.41. The van der Waals surface area contributed by atoms with E-state index in [4.69, 9.17) is 9.47 Å². The Kier molecular flexibility index (Phi) is 8.96.